The van der Waals surface area contributed by atoms with Crippen molar-refractivity contribution >= 4 is 5.97 Å². The normalized spacial score (nSPS) is 45.4. The van der Waals surface area contributed by atoms with Gasteiger partial charge in [0.2, 0.25) is 0 Å². The smallest absolute Gasteiger partial charge is 0.303 e. The third kappa shape index (κ3) is 2.27. The van der Waals surface area contributed by atoms with Gasteiger partial charge < -0.3 is 19.4 Å². The summed E-state index contributed by atoms with van der Waals surface area (Å²) in [6.07, 6.45) is 3.28. The number of ether oxygens (including phenoxy) is 1. The molecule has 27 heavy (non-hydrogen) atoms. The first-order valence-electron chi connectivity index (χ1n) is 10.2. The lowest BCUT2D eigenvalue weighted by atomic mass is 9.40. The van der Waals surface area contributed by atoms with Crippen LogP contribution in [0.4, 0.5) is 0 Å². The summed E-state index contributed by atoms with van der Waals surface area (Å²) in [6, 6.07) is 1.98. The maximum absolute atomic E-state index is 12.2. The van der Waals surface area contributed by atoms with Gasteiger partial charge in [-0.05, 0) is 47.6 Å². The summed E-state index contributed by atoms with van der Waals surface area (Å²) in [5, 5.41) is 23.6. The largest absolute Gasteiger partial charge is 0.469 e. The zero-order valence-electron chi connectivity index (χ0n) is 17.0. The molecule has 1 aromatic heterocycles. The molecule has 3 aliphatic carbocycles. The molecule has 0 amide bonds. The third-order valence-electron chi connectivity index (χ3n) is 8.35. The first kappa shape index (κ1) is 19.0. The zero-order chi connectivity index (χ0) is 19.8. The highest BCUT2D eigenvalue weighted by atomic mass is 16.6. The van der Waals surface area contributed by atoms with Gasteiger partial charge in [0, 0.05) is 18.8 Å². The lowest BCUT2D eigenvalue weighted by Gasteiger charge is -2.68. The number of furan rings is 1. The van der Waals surface area contributed by atoms with E-state index in [-0.39, 0.29) is 17.8 Å². The van der Waals surface area contributed by atoms with Crippen LogP contribution in [0.25, 0.3) is 0 Å². The Balaban J connectivity index is 1.91. The predicted octanol–water partition coefficient (Wildman–Crippen LogP) is 3.43. The van der Waals surface area contributed by atoms with Crippen molar-refractivity contribution in [3.63, 3.8) is 0 Å². The van der Waals surface area contributed by atoms with Crippen molar-refractivity contribution in [2.45, 2.75) is 84.0 Å². The Morgan fingerprint density at radius 2 is 2.00 bits per heavy atom. The van der Waals surface area contributed by atoms with Crippen LogP contribution < -0.4 is 0 Å². The van der Waals surface area contributed by atoms with Crippen molar-refractivity contribution in [3.8, 4) is 0 Å². The molecule has 2 fully saturated rings. The molecule has 7 atom stereocenters. The Bertz CT molecular complexity index is 752. The molecule has 0 aromatic carbocycles. The van der Waals surface area contributed by atoms with Gasteiger partial charge in [0.25, 0.3) is 0 Å². The first-order valence-corrected chi connectivity index (χ1v) is 10.2. The monoisotopic (exact) mass is 376 g/mol. The van der Waals surface area contributed by atoms with Crippen LogP contribution in [0.1, 0.15) is 71.1 Å². The Morgan fingerprint density at radius 3 is 2.67 bits per heavy atom. The second kappa shape index (κ2) is 5.84. The summed E-state index contributed by atoms with van der Waals surface area (Å²) < 4.78 is 11.4. The highest BCUT2D eigenvalue weighted by molar-refractivity contribution is 5.66. The number of hydrogen-bond acceptors (Lipinski definition) is 5. The van der Waals surface area contributed by atoms with Gasteiger partial charge in [-0.1, -0.05) is 34.1 Å². The molecule has 3 aliphatic rings. The minimum absolute atomic E-state index is 0.0672. The predicted molar refractivity (Wildman–Crippen MR) is 100 cm³/mol. The van der Waals surface area contributed by atoms with Gasteiger partial charge in [0.15, 0.2) is 6.10 Å². The van der Waals surface area contributed by atoms with E-state index in [2.05, 4.69) is 13.8 Å². The van der Waals surface area contributed by atoms with Crippen LogP contribution >= 0.6 is 0 Å². The molecular formula is C22H32O5. The van der Waals surface area contributed by atoms with Crippen LogP contribution in [0.3, 0.4) is 0 Å². The van der Waals surface area contributed by atoms with Crippen LogP contribution in [0.2, 0.25) is 0 Å². The molecule has 2 saturated carbocycles. The number of aliphatic hydroxyl groups excluding tert-OH is 1. The Labute approximate surface area is 161 Å². The number of carbonyl (C=O) groups is 1. The highest BCUT2D eigenvalue weighted by Crippen LogP contribution is 2.67. The molecule has 4 rings (SSSR count). The molecule has 5 heteroatoms. The standard InChI is InChI=1S/C22H32O5/c1-12-14-7-10-26-16(14)11-15-17(12)18(24)19(27-13(2)23)22(25)20(3,4)8-6-9-21(15,22)5/h7,10,12,15,17-19,24-25H,6,8-9,11H2,1-5H3/t12-,15-,17-,18+,19+,21+,22+/m0/s1. The van der Waals surface area contributed by atoms with Crippen molar-refractivity contribution in [3.05, 3.63) is 23.7 Å². The van der Waals surface area contributed by atoms with E-state index < -0.39 is 34.6 Å². The van der Waals surface area contributed by atoms with E-state index in [0.29, 0.717) is 6.42 Å². The molecule has 150 valence electrons. The van der Waals surface area contributed by atoms with E-state index in [1.54, 1.807) is 6.26 Å². The van der Waals surface area contributed by atoms with Gasteiger partial charge in [-0.2, -0.15) is 0 Å². The summed E-state index contributed by atoms with van der Waals surface area (Å²) in [5.41, 5.74) is -1.12. The van der Waals surface area contributed by atoms with Gasteiger partial charge >= 0.3 is 5.97 Å². The van der Waals surface area contributed by atoms with Crippen molar-refractivity contribution in [2.24, 2.45) is 22.7 Å². The van der Waals surface area contributed by atoms with Crippen molar-refractivity contribution < 1.29 is 24.2 Å². The van der Waals surface area contributed by atoms with Crippen LogP contribution in [-0.4, -0.2) is 34.0 Å². The number of rotatable bonds is 1. The Hall–Kier alpha value is -1.33. The van der Waals surface area contributed by atoms with Crippen LogP contribution in [0.15, 0.2) is 16.7 Å². The molecule has 1 aromatic rings. The summed E-state index contributed by atoms with van der Waals surface area (Å²) in [4.78, 5) is 11.9. The average Bonchev–Trinajstić information content (AvgIpc) is 3.04. The van der Waals surface area contributed by atoms with Gasteiger partial charge in [-0.3, -0.25) is 4.79 Å². The minimum atomic E-state index is -1.30. The van der Waals surface area contributed by atoms with Crippen molar-refractivity contribution in [1.29, 1.82) is 0 Å². The number of aliphatic hydroxyl groups is 2. The molecule has 0 radical (unpaired) electrons. The van der Waals surface area contributed by atoms with Gasteiger partial charge in [0.05, 0.1) is 12.4 Å². The molecule has 0 bridgehead atoms. The first-order chi connectivity index (χ1) is 12.5. The maximum atomic E-state index is 12.2. The maximum Gasteiger partial charge on any atom is 0.303 e. The Kier molecular flexibility index (Phi) is 4.11. The highest BCUT2D eigenvalue weighted by Gasteiger charge is 2.72. The van der Waals surface area contributed by atoms with E-state index in [0.717, 1.165) is 30.6 Å². The number of fused-ring (bicyclic) bond motifs is 4. The third-order valence-corrected chi connectivity index (χ3v) is 8.35. The van der Waals surface area contributed by atoms with Gasteiger partial charge in [0.1, 0.15) is 11.4 Å². The molecule has 2 N–H and O–H groups in total. The van der Waals surface area contributed by atoms with Crippen LogP contribution in [-0.2, 0) is 16.0 Å². The topological polar surface area (TPSA) is 79.9 Å². The second-order valence-corrected chi connectivity index (χ2v) is 9.92. The Morgan fingerprint density at radius 1 is 1.30 bits per heavy atom. The van der Waals surface area contributed by atoms with Crippen LogP contribution in [0.5, 0.6) is 0 Å². The zero-order valence-corrected chi connectivity index (χ0v) is 17.0. The summed E-state index contributed by atoms with van der Waals surface area (Å²) in [6.45, 7) is 9.68. The molecule has 1 heterocycles. The van der Waals surface area contributed by atoms with E-state index in [1.807, 2.05) is 19.9 Å². The SMILES string of the molecule is CC(=O)O[C@@H]1[C@H](O)[C@H]2[C@@H](C)c3ccoc3C[C@@H]2[C@@]2(C)CCCC(C)(C)[C@]12O. The fraction of sp³-hybridized carbons (Fsp3) is 0.773. The van der Waals surface area contributed by atoms with E-state index >= 15 is 0 Å². The molecule has 0 unspecified atom stereocenters. The van der Waals surface area contributed by atoms with Crippen molar-refractivity contribution in [1.82, 2.24) is 0 Å². The molecule has 0 saturated heterocycles. The van der Waals surface area contributed by atoms with Crippen molar-refractivity contribution in [2.75, 3.05) is 0 Å². The quantitative estimate of drug-likeness (QED) is 0.734. The average molecular weight is 376 g/mol. The van der Waals surface area contributed by atoms with Crippen LogP contribution in [0, 0.1) is 22.7 Å². The van der Waals surface area contributed by atoms with Gasteiger partial charge in [-0.25, -0.2) is 0 Å². The molecule has 0 spiro atoms. The molecule has 0 aliphatic heterocycles. The summed E-state index contributed by atoms with van der Waals surface area (Å²) in [5.74, 6) is 0.573. The summed E-state index contributed by atoms with van der Waals surface area (Å²) in [7, 11) is 0. The van der Waals surface area contributed by atoms with Gasteiger partial charge in [-0.15, -0.1) is 0 Å². The number of hydrogen-bond donors (Lipinski definition) is 2. The lowest BCUT2D eigenvalue weighted by molar-refractivity contribution is -0.316. The fourth-order valence-electron chi connectivity index (χ4n) is 7.01. The lowest BCUT2D eigenvalue weighted by Crippen LogP contribution is -2.76. The minimum Gasteiger partial charge on any atom is -0.469 e. The second-order valence-electron chi connectivity index (χ2n) is 9.92. The number of carbonyl (C=O) groups excluding carboxylic acids is 1. The van der Waals surface area contributed by atoms with E-state index in [1.165, 1.54) is 6.92 Å². The summed E-state index contributed by atoms with van der Waals surface area (Å²) >= 11 is 0. The molecule has 5 nitrogen and oxygen atoms in total. The van der Waals surface area contributed by atoms with E-state index in [9.17, 15) is 15.0 Å². The molecular weight excluding hydrogens is 344 g/mol. The van der Waals surface area contributed by atoms with E-state index in [4.69, 9.17) is 9.15 Å². The fourth-order valence-corrected chi connectivity index (χ4v) is 7.01. The number of esters is 1.